The van der Waals surface area contributed by atoms with E-state index in [0.29, 0.717) is 13.1 Å². The van der Waals surface area contributed by atoms with Gasteiger partial charge in [-0.15, -0.1) is 11.3 Å². The number of amides is 1. The standard InChI is InChI=1S/C19H32N6OS/c1-3-16-13-21-17(27-16)14-22-19(20-4-2)25-11-9-23(10-12-25)15-18(26)24-7-5-6-8-24/h13H,3-12,14-15H2,1-2H3,(H,20,22). The van der Waals surface area contributed by atoms with E-state index in [4.69, 9.17) is 4.99 Å². The molecule has 0 saturated carbocycles. The van der Waals surface area contributed by atoms with Crippen molar-refractivity contribution in [3.05, 3.63) is 16.1 Å². The molecule has 1 aromatic rings. The Kier molecular flexibility index (Phi) is 7.46. The summed E-state index contributed by atoms with van der Waals surface area (Å²) in [5.74, 6) is 1.24. The van der Waals surface area contributed by atoms with E-state index < -0.39 is 0 Å². The quantitative estimate of drug-likeness (QED) is 0.586. The van der Waals surface area contributed by atoms with Crippen molar-refractivity contribution in [3.8, 4) is 0 Å². The van der Waals surface area contributed by atoms with E-state index in [1.165, 1.54) is 4.88 Å². The molecule has 1 N–H and O–H groups in total. The summed E-state index contributed by atoms with van der Waals surface area (Å²) in [6.07, 6.45) is 5.29. The third-order valence-electron chi connectivity index (χ3n) is 5.14. The molecule has 1 amide bonds. The first-order valence-electron chi connectivity index (χ1n) is 10.2. The van der Waals surface area contributed by atoms with E-state index in [1.54, 1.807) is 11.3 Å². The molecule has 0 unspecified atom stereocenters. The number of nitrogens with zero attached hydrogens (tertiary/aromatic N) is 5. The minimum Gasteiger partial charge on any atom is -0.357 e. The SMILES string of the molecule is CCNC(=NCc1ncc(CC)s1)N1CCN(CC(=O)N2CCCC2)CC1. The van der Waals surface area contributed by atoms with Gasteiger partial charge in [0, 0.05) is 56.9 Å². The number of aliphatic imine (C=N–C) groups is 1. The summed E-state index contributed by atoms with van der Waals surface area (Å²) in [5, 5.41) is 4.47. The number of aryl methyl sites for hydroxylation is 1. The highest BCUT2D eigenvalue weighted by Crippen LogP contribution is 2.14. The second-order valence-corrected chi connectivity index (χ2v) is 8.29. The molecule has 0 atom stereocenters. The first-order valence-corrected chi connectivity index (χ1v) is 11.0. The van der Waals surface area contributed by atoms with E-state index in [-0.39, 0.29) is 5.91 Å². The van der Waals surface area contributed by atoms with Gasteiger partial charge in [-0.2, -0.15) is 0 Å². The molecular weight excluding hydrogens is 360 g/mol. The van der Waals surface area contributed by atoms with Crippen LogP contribution in [0.25, 0.3) is 0 Å². The van der Waals surface area contributed by atoms with E-state index in [2.05, 4.69) is 33.9 Å². The third-order valence-corrected chi connectivity index (χ3v) is 6.26. The summed E-state index contributed by atoms with van der Waals surface area (Å²) < 4.78 is 0. The van der Waals surface area contributed by atoms with E-state index in [1.807, 2.05) is 11.1 Å². The molecule has 0 bridgehead atoms. The molecule has 0 spiro atoms. The van der Waals surface area contributed by atoms with Crippen LogP contribution in [0.15, 0.2) is 11.2 Å². The lowest BCUT2D eigenvalue weighted by Gasteiger charge is -2.36. The topological polar surface area (TPSA) is 64.1 Å². The molecule has 27 heavy (non-hydrogen) atoms. The van der Waals surface area contributed by atoms with Crippen LogP contribution in [0.1, 0.15) is 36.6 Å². The maximum Gasteiger partial charge on any atom is 0.236 e. The summed E-state index contributed by atoms with van der Waals surface area (Å²) in [7, 11) is 0. The predicted molar refractivity (Wildman–Crippen MR) is 110 cm³/mol. The molecule has 0 aliphatic carbocycles. The number of aromatic nitrogens is 1. The Bertz CT molecular complexity index is 632. The van der Waals surface area contributed by atoms with E-state index in [9.17, 15) is 4.79 Å². The van der Waals surface area contributed by atoms with Crippen LogP contribution in [0.4, 0.5) is 0 Å². The fourth-order valence-electron chi connectivity index (χ4n) is 3.53. The fourth-order valence-corrected chi connectivity index (χ4v) is 4.32. The monoisotopic (exact) mass is 392 g/mol. The first-order chi connectivity index (χ1) is 13.2. The average molecular weight is 393 g/mol. The maximum absolute atomic E-state index is 12.3. The Hall–Kier alpha value is -1.67. The fraction of sp³-hybridized carbons (Fsp3) is 0.737. The smallest absolute Gasteiger partial charge is 0.236 e. The molecule has 2 aliphatic rings. The summed E-state index contributed by atoms with van der Waals surface area (Å²) in [5.41, 5.74) is 0. The molecule has 2 aliphatic heterocycles. The minimum absolute atomic E-state index is 0.289. The number of guanidine groups is 1. The second-order valence-electron chi connectivity index (χ2n) is 7.10. The Balaban J connectivity index is 1.50. The van der Waals surface area contributed by atoms with Crippen molar-refractivity contribution in [2.75, 3.05) is 52.4 Å². The van der Waals surface area contributed by atoms with Gasteiger partial charge in [-0.1, -0.05) is 6.92 Å². The number of thiazole rings is 1. The molecule has 0 radical (unpaired) electrons. The van der Waals surface area contributed by atoms with Crippen molar-refractivity contribution in [1.29, 1.82) is 0 Å². The minimum atomic E-state index is 0.289. The molecule has 3 rings (SSSR count). The highest BCUT2D eigenvalue weighted by molar-refractivity contribution is 7.11. The molecule has 3 heterocycles. The van der Waals surface area contributed by atoms with Crippen molar-refractivity contribution in [2.24, 2.45) is 4.99 Å². The van der Waals surface area contributed by atoms with Gasteiger partial charge >= 0.3 is 0 Å². The number of carbonyl (C=O) groups is 1. The van der Waals surface area contributed by atoms with Crippen molar-refractivity contribution < 1.29 is 4.79 Å². The lowest BCUT2D eigenvalue weighted by atomic mass is 10.3. The summed E-state index contributed by atoms with van der Waals surface area (Å²) >= 11 is 1.74. The van der Waals surface area contributed by atoms with Gasteiger partial charge in [0.25, 0.3) is 0 Å². The Labute approximate surface area is 166 Å². The molecule has 0 aromatic carbocycles. The van der Waals surface area contributed by atoms with Gasteiger partial charge in [-0.05, 0) is 26.2 Å². The van der Waals surface area contributed by atoms with Crippen LogP contribution in [0.2, 0.25) is 0 Å². The van der Waals surface area contributed by atoms with Gasteiger partial charge in [0.05, 0.1) is 13.1 Å². The zero-order valence-corrected chi connectivity index (χ0v) is 17.4. The molecule has 7 nitrogen and oxygen atoms in total. The highest BCUT2D eigenvalue weighted by atomic mass is 32.1. The van der Waals surface area contributed by atoms with Crippen LogP contribution in [0, 0.1) is 0 Å². The normalized spacial score (nSPS) is 19.0. The summed E-state index contributed by atoms with van der Waals surface area (Å²) in [4.78, 5) is 29.5. The Morgan fingerprint density at radius 1 is 1.15 bits per heavy atom. The van der Waals surface area contributed by atoms with Crippen molar-refractivity contribution in [2.45, 2.75) is 39.7 Å². The van der Waals surface area contributed by atoms with Gasteiger partial charge in [0.15, 0.2) is 5.96 Å². The number of hydrogen-bond acceptors (Lipinski definition) is 5. The number of likely N-dealkylation sites (tertiary alicyclic amines) is 1. The molecule has 8 heteroatoms. The van der Waals surface area contributed by atoms with Crippen LogP contribution in [0.3, 0.4) is 0 Å². The van der Waals surface area contributed by atoms with Gasteiger partial charge < -0.3 is 15.1 Å². The van der Waals surface area contributed by atoms with Crippen molar-refractivity contribution >= 4 is 23.2 Å². The van der Waals surface area contributed by atoms with Crippen LogP contribution in [-0.2, 0) is 17.8 Å². The van der Waals surface area contributed by atoms with Crippen LogP contribution >= 0.6 is 11.3 Å². The van der Waals surface area contributed by atoms with E-state index >= 15 is 0 Å². The van der Waals surface area contributed by atoms with Crippen LogP contribution < -0.4 is 5.32 Å². The lowest BCUT2D eigenvalue weighted by Crippen LogP contribution is -2.54. The summed E-state index contributed by atoms with van der Waals surface area (Å²) in [6.45, 7) is 11.8. The van der Waals surface area contributed by atoms with E-state index in [0.717, 1.165) is 76.0 Å². The zero-order chi connectivity index (χ0) is 19.1. The van der Waals surface area contributed by atoms with Crippen molar-refractivity contribution in [3.63, 3.8) is 0 Å². The van der Waals surface area contributed by atoms with Gasteiger partial charge in [-0.25, -0.2) is 9.98 Å². The number of hydrogen-bond donors (Lipinski definition) is 1. The van der Waals surface area contributed by atoms with Gasteiger partial charge in [0.2, 0.25) is 5.91 Å². The highest BCUT2D eigenvalue weighted by Gasteiger charge is 2.24. The van der Waals surface area contributed by atoms with Gasteiger partial charge in [-0.3, -0.25) is 9.69 Å². The largest absolute Gasteiger partial charge is 0.357 e. The van der Waals surface area contributed by atoms with Crippen LogP contribution in [0.5, 0.6) is 0 Å². The molecule has 2 fully saturated rings. The number of carbonyl (C=O) groups excluding carboxylic acids is 1. The lowest BCUT2D eigenvalue weighted by molar-refractivity contribution is -0.131. The Morgan fingerprint density at radius 2 is 1.89 bits per heavy atom. The molecule has 2 saturated heterocycles. The maximum atomic E-state index is 12.3. The Morgan fingerprint density at radius 3 is 2.52 bits per heavy atom. The van der Waals surface area contributed by atoms with Crippen molar-refractivity contribution in [1.82, 2.24) is 25.0 Å². The third kappa shape index (κ3) is 5.65. The molecular formula is C19H32N6OS. The molecule has 150 valence electrons. The number of nitrogens with one attached hydrogen (secondary N) is 1. The van der Waals surface area contributed by atoms with Crippen LogP contribution in [-0.4, -0.2) is 83.9 Å². The first kappa shape index (κ1) is 20.1. The molecule has 1 aromatic heterocycles. The second kappa shape index (κ2) is 10.0. The number of piperazine rings is 1. The summed E-state index contributed by atoms with van der Waals surface area (Å²) in [6, 6.07) is 0. The van der Waals surface area contributed by atoms with Gasteiger partial charge in [0.1, 0.15) is 5.01 Å². The zero-order valence-electron chi connectivity index (χ0n) is 16.6. The average Bonchev–Trinajstić information content (AvgIpc) is 3.37. The predicted octanol–water partition coefficient (Wildman–Crippen LogP) is 1.41. The number of rotatable bonds is 6.